The van der Waals surface area contributed by atoms with Crippen molar-refractivity contribution < 1.29 is 9.53 Å². The van der Waals surface area contributed by atoms with Crippen LogP contribution in [0, 0.1) is 12.8 Å². The Labute approximate surface area is 170 Å². The smallest absolute Gasteiger partial charge is 0.319 e. The van der Waals surface area contributed by atoms with Crippen molar-refractivity contribution >= 4 is 23.1 Å². The average Bonchev–Trinajstić information content (AvgIpc) is 3.45. The lowest BCUT2D eigenvalue weighted by Gasteiger charge is -2.31. The molecule has 2 fully saturated rings. The molecule has 4 rings (SSSR count). The Morgan fingerprint density at radius 1 is 1.39 bits per heavy atom. The first-order valence-corrected chi connectivity index (χ1v) is 11.0. The van der Waals surface area contributed by atoms with Crippen LogP contribution in [-0.2, 0) is 4.74 Å². The summed E-state index contributed by atoms with van der Waals surface area (Å²) in [6, 6.07) is 8.04. The summed E-state index contributed by atoms with van der Waals surface area (Å²) < 4.78 is 5.60. The summed E-state index contributed by atoms with van der Waals surface area (Å²) in [6.07, 6.45) is 3.58. The van der Waals surface area contributed by atoms with Gasteiger partial charge in [0.1, 0.15) is 0 Å². The van der Waals surface area contributed by atoms with Crippen molar-refractivity contribution in [2.75, 3.05) is 38.2 Å². The first-order valence-electron chi connectivity index (χ1n) is 10.1. The highest BCUT2D eigenvalue weighted by atomic mass is 32.1. The molecule has 3 heterocycles. The fourth-order valence-electron chi connectivity index (χ4n) is 4.15. The van der Waals surface area contributed by atoms with E-state index in [-0.39, 0.29) is 6.03 Å². The van der Waals surface area contributed by atoms with Gasteiger partial charge in [-0.15, -0.1) is 11.3 Å². The van der Waals surface area contributed by atoms with Crippen LogP contribution in [0.4, 0.5) is 10.5 Å². The molecule has 2 saturated heterocycles. The maximum Gasteiger partial charge on any atom is 0.319 e. The molecule has 2 aliphatic heterocycles. The third-order valence-corrected chi connectivity index (χ3v) is 6.40. The van der Waals surface area contributed by atoms with Crippen molar-refractivity contribution in [2.45, 2.75) is 32.2 Å². The number of carbonyl (C=O) groups is 1. The van der Waals surface area contributed by atoms with Crippen LogP contribution in [0.5, 0.6) is 0 Å². The van der Waals surface area contributed by atoms with Crippen LogP contribution in [0.1, 0.15) is 24.3 Å². The second-order valence-corrected chi connectivity index (χ2v) is 8.66. The van der Waals surface area contributed by atoms with Gasteiger partial charge in [0.05, 0.1) is 17.3 Å². The van der Waals surface area contributed by atoms with Crippen molar-refractivity contribution in [3.63, 3.8) is 0 Å². The van der Waals surface area contributed by atoms with Crippen LogP contribution < -0.4 is 10.6 Å². The number of hydrogen-bond donors (Lipinski definition) is 2. The number of hydrogen-bond acceptors (Lipinski definition) is 5. The molecule has 1 aromatic carbocycles. The topological polar surface area (TPSA) is 66.5 Å². The van der Waals surface area contributed by atoms with Crippen molar-refractivity contribution in [1.29, 1.82) is 0 Å². The second kappa shape index (κ2) is 9.03. The van der Waals surface area contributed by atoms with E-state index < -0.39 is 0 Å². The molecule has 2 atom stereocenters. The standard InChI is InChI=1S/C21H28N4O2S/c1-15-23-19(14-28-15)16-5-4-6-18(11-16)24-21(26)22-12-20(17-7-10-27-13-17)25-8-2-3-9-25/h4-6,11,14,17,20H,2-3,7-10,12-13H2,1H3,(H2,22,24,26)/t17-,20-/m1/s1. The Hall–Kier alpha value is -1.96. The summed E-state index contributed by atoms with van der Waals surface area (Å²) >= 11 is 1.63. The number of aryl methyl sites for hydroxylation is 1. The average molecular weight is 401 g/mol. The molecular formula is C21H28N4O2S. The molecule has 150 valence electrons. The van der Waals surface area contributed by atoms with Gasteiger partial charge in [0.25, 0.3) is 0 Å². The minimum absolute atomic E-state index is 0.158. The molecule has 2 N–H and O–H groups in total. The fourth-order valence-corrected chi connectivity index (χ4v) is 4.77. The van der Waals surface area contributed by atoms with Crippen LogP contribution in [0.25, 0.3) is 11.3 Å². The number of benzene rings is 1. The van der Waals surface area contributed by atoms with Gasteiger partial charge in [-0.25, -0.2) is 9.78 Å². The van der Waals surface area contributed by atoms with Crippen molar-refractivity contribution in [3.8, 4) is 11.3 Å². The van der Waals surface area contributed by atoms with E-state index in [1.807, 2.05) is 36.6 Å². The third kappa shape index (κ3) is 4.71. The van der Waals surface area contributed by atoms with Crippen molar-refractivity contribution in [3.05, 3.63) is 34.7 Å². The maximum atomic E-state index is 12.5. The van der Waals surface area contributed by atoms with Crippen molar-refractivity contribution in [2.24, 2.45) is 5.92 Å². The van der Waals surface area contributed by atoms with Crippen LogP contribution in [0.15, 0.2) is 29.6 Å². The van der Waals surface area contributed by atoms with Gasteiger partial charge in [-0.3, -0.25) is 4.90 Å². The Kier molecular flexibility index (Phi) is 6.24. The first kappa shape index (κ1) is 19.4. The summed E-state index contributed by atoms with van der Waals surface area (Å²) in [5.41, 5.74) is 2.74. The molecule has 0 bridgehead atoms. The quantitative estimate of drug-likeness (QED) is 0.775. The third-order valence-electron chi connectivity index (χ3n) is 5.63. The van der Waals surface area contributed by atoms with E-state index in [0.29, 0.717) is 18.5 Å². The Balaban J connectivity index is 1.35. The summed E-state index contributed by atoms with van der Waals surface area (Å²) in [7, 11) is 0. The predicted molar refractivity (Wildman–Crippen MR) is 113 cm³/mol. The Bertz CT molecular complexity index is 781. The number of anilines is 1. The van der Waals surface area contributed by atoms with Gasteiger partial charge in [0.15, 0.2) is 0 Å². The van der Waals surface area contributed by atoms with E-state index in [1.165, 1.54) is 12.8 Å². The molecule has 0 unspecified atom stereocenters. The van der Waals surface area contributed by atoms with Crippen LogP contribution >= 0.6 is 11.3 Å². The highest BCUT2D eigenvalue weighted by Gasteiger charge is 2.32. The number of thiazole rings is 1. The lowest BCUT2D eigenvalue weighted by molar-refractivity contribution is 0.135. The number of ether oxygens (including phenoxy) is 1. The second-order valence-electron chi connectivity index (χ2n) is 7.60. The molecular weight excluding hydrogens is 372 g/mol. The van der Waals surface area contributed by atoms with E-state index in [2.05, 4.69) is 20.5 Å². The number of urea groups is 1. The predicted octanol–water partition coefficient (Wildman–Crippen LogP) is 3.74. The van der Waals surface area contributed by atoms with E-state index in [0.717, 1.165) is 54.7 Å². The number of carbonyl (C=O) groups excluding carboxylic acids is 1. The van der Waals surface area contributed by atoms with Gasteiger partial charge in [0, 0.05) is 41.7 Å². The summed E-state index contributed by atoms with van der Waals surface area (Å²) in [4.78, 5) is 19.6. The zero-order valence-electron chi connectivity index (χ0n) is 16.3. The van der Waals surface area contributed by atoms with Gasteiger partial charge in [-0.05, 0) is 51.4 Å². The number of amides is 2. The molecule has 2 aliphatic rings. The van der Waals surface area contributed by atoms with Gasteiger partial charge in [0.2, 0.25) is 0 Å². The first-order chi connectivity index (χ1) is 13.7. The molecule has 0 radical (unpaired) electrons. The Morgan fingerprint density at radius 3 is 2.96 bits per heavy atom. The lowest BCUT2D eigenvalue weighted by Crippen LogP contribution is -2.48. The zero-order valence-corrected chi connectivity index (χ0v) is 17.1. The molecule has 28 heavy (non-hydrogen) atoms. The van der Waals surface area contributed by atoms with Crippen molar-refractivity contribution in [1.82, 2.24) is 15.2 Å². The van der Waals surface area contributed by atoms with Gasteiger partial charge in [-0.1, -0.05) is 12.1 Å². The summed E-state index contributed by atoms with van der Waals surface area (Å²) in [5, 5.41) is 9.14. The van der Waals surface area contributed by atoms with E-state index in [9.17, 15) is 4.79 Å². The molecule has 6 nitrogen and oxygen atoms in total. The summed E-state index contributed by atoms with van der Waals surface area (Å²) in [5.74, 6) is 0.509. The summed E-state index contributed by atoms with van der Waals surface area (Å²) in [6.45, 7) is 6.55. The number of nitrogens with zero attached hydrogens (tertiary/aromatic N) is 2. The number of likely N-dealkylation sites (tertiary alicyclic amines) is 1. The lowest BCUT2D eigenvalue weighted by atomic mass is 9.97. The molecule has 1 aromatic heterocycles. The SMILES string of the molecule is Cc1nc(-c2cccc(NC(=O)NC[C@H]([C@@H]3CCOC3)N3CCCC3)c2)cs1. The minimum atomic E-state index is -0.158. The van der Waals surface area contributed by atoms with E-state index in [1.54, 1.807) is 11.3 Å². The maximum absolute atomic E-state index is 12.5. The highest BCUT2D eigenvalue weighted by molar-refractivity contribution is 7.09. The van der Waals surface area contributed by atoms with Crippen LogP contribution in [0.3, 0.4) is 0 Å². The largest absolute Gasteiger partial charge is 0.381 e. The molecule has 0 spiro atoms. The molecule has 0 saturated carbocycles. The van der Waals surface area contributed by atoms with Gasteiger partial charge in [-0.2, -0.15) is 0 Å². The zero-order chi connectivity index (χ0) is 19.3. The highest BCUT2D eigenvalue weighted by Crippen LogP contribution is 2.25. The van der Waals surface area contributed by atoms with Crippen LogP contribution in [0.2, 0.25) is 0 Å². The number of aromatic nitrogens is 1. The fraction of sp³-hybridized carbons (Fsp3) is 0.524. The number of rotatable bonds is 6. The molecule has 2 aromatic rings. The number of nitrogens with one attached hydrogen (secondary N) is 2. The van der Waals surface area contributed by atoms with Crippen LogP contribution in [-0.4, -0.2) is 54.8 Å². The molecule has 0 aliphatic carbocycles. The normalized spacial score (nSPS) is 21.0. The minimum Gasteiger partial charge on any atom is -0.381 e. The van der Waals surface area contributed by atoms with Gasteiger partial charge < -0.3 is 15.4 Å². The Morgan fingerprint density at radius 2 is 2.25 bits per heavy atom. The van der Waals surface area contributed by atoms with Gasteiger partial charge >= 0.3 is 6.03 Å². The molecule has 7 heteroatoms. The van der Waals surface area contributed by atoms with E-state index in [4.69, 9.17) is 4.74 Å². The van der Waals surface area contributed by atoms with E-state index >= 15 is 0 Å². The molecule has 2 amide bonds. The monoisotopic (exact) mass is 400 g/mol.